The third-order valence-corrected chi connectivity index (χ3v) is 4.19. The maximum atomic E-state index is 12.6. The first kappa shape index (κ1) is 13.0. The van der Waals surface area contributed by atoms with Crippen molar-refractivity contribution in [3.8, 4) is 0 Å². The lowest BCUT2D eigenvalue weighted by Crippen LogP contribution is -2.40. The predicted molar refractivity (Wildman–Crippen MR) is 87.3 cm³/mol. The van der Waals surface area contributed by atoms with Gasteiger partial charge in [0.15, 0.2) is 12.4 Å². The van der Waals surface area contributed by atoms with Gasteiger partial charge in [-0.1, -0.05) is 36.4 Å². The highest BCUT2D eigenvalue weighted by Crippen LogP contribution is 2.35. The molecule has 2 aromatic rings. The van der Waals surface area contributed by atoms with E-state index in [2.05, 4.69) is 41.3 Å². The molecule has 108 valence electrons. The number of anilines is 1. The quantitative estimate of drug-likeness (QED) is 0.811. The van der Waals surface area contributed by atoms with Crippen LogP contribution in [0.3, 0.4) is 0 Å². The molecule has 3 nitrogen and oxygen atoms in total. The van der Waals surface area contributed by atoms with E-state index in [4.69, 9.17) is 0 Å². The molecule has 0 saturated carbocycles. The Morgan fingerprint density at radius 2 is 1.91 bits per heavy atom. The van der Waals surface area contributed by atoms with E-state index in [9.17, 15) is 4.79 Å². The maximum absolute atomic E-state index is 12.6. The van der Waals surface area contributed by atoms with E-state index in [0.29, 0.717) is 13.1 Å². The number of para-hydroxylation sites is 1. The summed E-state index contributed by atoms with van der Waals surface area (Å²) < 4.78 is 1.92. The van der Waals surface area contributed by atoms with Crippen molar-refractivity contribution in [2.75, 3.05) is 18.0 Å². The Kier molecular flexibility index (Phi) is 3.11. The lowest BCUT2D eigenvalue weighted by atomic mass is 9.94. The van der Waals surface area contributed by atoms with E-state index in [1.165, 1.54) is 11.3 Å². The molecular formula is C19H17N2O+. The number of benzene rings is 1. The zero-order chi connectivity index (χ0) is 14.9. The summed E-state index contributed by atoms with van der Waals surface area (Å²) in [6.45, 7) is 1.96. The fraction of sp³-hybridized carbons (Fsp3) is 0.158. The zero-order valence-electron chi connectivity index (χ0n) is 12.3. The smallest absolute Gasteiger partial charge is 0.225 e. The van der Waals surface area contributed by atoms with Crippen LogP contribution in [0.5, 0.6) is 0 Å². The second-order valence-electron chi connectivity index (χ2n) is 5.71. The van der Waals surface area contributed by atoms with Crippen LogP contribution in [0.4, 0.5) is 5.69 Å². The Balaban J connectivity index is 1.66. The summed E-state index contributed by atoms with van der Waals surface area (Å²) in [5.41, 5.74) is 4.53. The van der Waals surface area contributed by atoms with Crippen LogP contribution in [0.25, 0.3) is 12.2 Å². The third kappa shape index (κ3) is 2.25. The number of hydrogen-bond acceptors (Lipinski definition) is 2. The summed E-state index contributed by atoms with van der Waals surface area (Å²) in [5.74, 6) is 0.182. The van der Waals surface area contributed by atoms with Crippen LogP contribution in [0.15, 0.2) is 60.4 Å². The first-order chi connectivity index (χ1) is 10.8. The topological polar surface area (TPSA) is 24.2 Å². The fourth-order valence-electron chi connectivity index (χ4n) is 3.15. The van der Waals surface area contributed by atoms with Gasteiger partial charge in [-0.15, -0.1) is 0 Å². The van der Waals surface area contributed by atoms with Crippen molar-refractivity contribution >= 4 is 23.6 Å². The Bertz CT molecular complexity index is 790. The van der Waals surface area contributed by atoms with Crippen LogP contribution in [-0.4, -0.2) is 18.9 Å². The molecule has 4 rings (SSSR count). The number of Topliss-reactive ketones (excluding diaryl/α,β-unsaturated/α-hetero) is 1. The van der Waals surface area contributed by atoms with Gasteiger partial charge in [0.25, 0.3) is 0 Å². The van der Waals surface area contributed by atoms with Crippen LogP contribution in [-0.2, 0) is 11.3 Å². The van der Waals surface area contributed by atoms with Crippen molar-refractivity contribution in [1.82, 2.24) is 0 Å². The average Bonchev–Trinajstić information content (AvgIpc) is 2.56. The first-order valence-corrected chi connectivity index (χ1v) is 7.53. The number of hydrogen-bond donors (Lipinski definition) is 0. The Labute approximate surface area is 129 Å². The minimum absolute atomic E-state index is 0.182. The average molecular weight is 289 g/mol. The standard InChI is InChI=1S/C19H17N2O/c22-18(14-20-9-2-1-3-10-20)17-12-16-7-4-6-15-8-5-11-21(13-17)19(15)16/h1-10,12H,11,13-14H2/q+1. The van der Waals surface area contributed by atoms with Crippen LogP contribution in [0.2, 0.25) is 0 Å². The van der Waals surface area contributed by atoms with E-state index in [0.717, 1.165) is 17.7 Å². The van der Waals surface area contributed by atoms with Crippen molar-refractivity contribution in [2.24, 2.45) is 0 Å². The van der Waals surface area contributed by atoms with Crippen molar-refractivity contribution in [3.05, 3.63) is 71.6 Å². The number of carbonyl (C=O) groups excluding carboxylic acids is 1. The second kappa shape index (κ2) is 5.26. The van der Waals surface area contributed by atoms with Gasteiger partial charge in [-0.3, -0.25) is 4.79 Å². The molecule has 0 radical (unpaired) electrons. The van der Waals surface area contributed by atoms with Gasteiger partial charge in [0.2, 0.25) is 12.3 Å². The number of aromatic nitrogens is 1. The Morgan fingerprint density at radius 1 is 1.09 bits per heavy atom. The Hall–Kier alpha value is -2.68. The van der Waals surface area contributed by atoms with E-state index in [1.54, 1.807) is 0 Å². The van der Waals surface area contributed by atoms with Gasteiger partial charge in [0.05, 0.1) is 5.69 Å². The first-order valence-electron chi connectivity index (χ1n) is 7.53. The molecule has 3 heterocycles. The molecule has 0 fully saturated rings. The van der Waals surface area contributed by atoms with Gasteiger partial charge in [0.1, 0.15) is 0 Å². The molecule has 1 aromatic carbocycles. The molecule has 0 amide bonds. The fourth-order valence-corrected chi connectivity index (χ4v) is 3.15. The zero-order valence-corrected chi connectivity index (χ0v) is 12.3. The van der Waals surface area contributed by atoms with Crippen molar-refractivity contribution in [1.29, 1.82) is 0 Å². The molecule has 3 heteroatoms. The molecule has 1 aromatic heterocycles. The highest BCUT2D eigenvalue weighted by atomic mass is 16.1. The molecule has 0 N–H and O–H groups in total. The van der Waals surface area contributed by atoms with Crippen molar-refractivity contribution < 1.29 is 9.36 Å². The van der Waals surface area contributed by atoms with E-state index >= 15 is 0 Å². The van der Waals surface area contributed by atoms with Crippen LogP contribution in [0, 0.1) is 0 Å². The summed E-state index contributed by atoms with van der Waals surface area (Å²) in [6, 6.07) is 12.1. The molecule has 0 unspecified atom stereocenters. The molecule has 2 aliphatic heterocycles. The normalized spacial score (nSPS) is 15.3. The van der Waals surface area contributed by atoms with Crippen molar-refractivity contribution in [2.45, 2.75) is 6.54 Å². The molecule has 0 saturated heterocycles. The number of ketones is 1. The van der Waals surface area contributed by atoms with Crippen LogP contribution >= 0.6 is 0 Å². The monoisotopic (exact) mass is 289 g/mol. The number of nitrogens with zero attached hydrogens (tertiary/aromatic N) is 2. The lowest BCUT2D eigenvalue weighted by molar-refractivity contribution is -0.684. The van der Waals surface area contributed by atoms with E-state index in [-0.39, 0.29) is 5.78 Å². The molecule has 0 spiro atoms. The maximum Gasteiger partial charge on any atom is 0.225 e. The summed E-state index contributed by atoms with van der Waals surface area (Å²) >= 11 is 0. The predicted octanol–water partition coefficient (Wildman–Crippen LogP) is 2.47. The number of rotatable bonds is 3. The van der Waals surface area contributed by atoms with Crippen molar-refractivity contribution in [3.63, 3.8) is 0 Å². The summed E-state index contributed by atoms with van der Waals surface area (Å²) in [6.07, 6.45) is 10.2. The highest BCUT2D eigenvalue weighted by Gasteiger charge is 2.25. The molecule has 0 atom stereocenters. The highest BCUT2D eigenvalue weighted by molar-refractivity contribution is 6.02. The third-order valence-electron chi connectivity index (χ3n) is 4.19. The second-order valence-corrected chi connectivity index (χ2v) is 5.71. The Morgan fingerprint density at radius 3 is 2.77 bits per heavy atom. The molecule has 0 aliphatic carbocycles. The van der Waals surface area contributed by atoms with Gasteiger partial charge >= 0.3 is 0 Å². The molecule has 0 bridgehead atoms. The van der Waals surface area contributed by atoms with Gasteiger partial charge < -0.3 is 4.90 Å². The molecule has 22 heavy (non-hydrogen) atoms. The van der Waals surface area contributed by atoms with Gasteiger partial charge in [0, 0.05) is 30.8 Å². The molecular weight excluding hydrogens is 272 g/mol. The van der Waals surface area contributed by atoms with Gasteiger partial charge in [-0.25, -0.2) is 0 Å². The van der Waals surface area contributed by atoms with E-state index < -0.39 is 0 Å². The number of pyridine rings is 1. The minimum atomic E-state index is 0.182. The van der Waals surface area contributed by atoms with Gasteiger partial charge in [-0.05, 0) is 17.2 Å². The lowest BCUT2D eigenvalue weighted by Gasteiger charge is -2.33. The van der Waals surface area contributed by atoms with E-state index in [1.807, 2.05) is 35.2 Å². The number of carbonyl (C=O) groups is 1. The molecule has 2 aliphatic rings. The minimum Gasteiger partial charge on any atom is -0.362 e. The summed E-state index contributed by atoms with van der Waals surface area (Å²) in [5, 5.41) is 0. The van der Waals surface area contributed by atoms with Crippen LogP contribution in [0.1, 0.15) is 11.1 Å². The summed E-state index contributed by atoms with van der Waals surface area (Å²) in [4.78, 5) is 14.9. The van der Waals surface area contributed by atoms with Crippen LogP contribution < -0.4 is 9.47 Å². The SMILES string of the molecule is O=C(C[n+]1ccccc1)C1=Cc2cccc3c2N(CC=C3)C1. The summed E-state index contributed by atoms with van der Waals surface area (Å²) in [7, 11) is 0. The van der Waals surface area contributed by atoms with Gasteiger partial charge in [-0.2, -0.15) is 4.57 Å². The largest absolute Gasteiger partial charge is 0.362 e.